The van der Waals surface area contributed by atoms with Crippen molar-refractivity contribution in [2.75, 3.05) is 13.1 Å². The fraction of sp³-hybridized carbons (Fsp3) is 0.348. The molecule has 1 N–H and O–H groups in total. The lowest BCUT2D eigenvalue weighted by Gasteiger charge is -2.29. The second kappa shape index (κ2) is 9.95. The van der Waals surface area contributed by atoms with Crippen molar-refractivity contribution in [1.82, 2.24) is 14.5 Å². The molecule has 1 heterocycles. The van der Waals surface area contributed by atoms with Crippen LogP contribution in [-0.2, 0) is 26.2 Å². The van der Waals surface area contributed by atoms with Crippen molar-refractivity contribution >= 4 is 27.7 Å². The number of hydrogen-bond donors (Lipinski definition) is 1. The Bertz CT molecular complexity index is 1100. The van der Waals surface area contributed by atoms with Crippen molar-refractivity contribution in [2.24, 2.45) is 0 Å². The number of nitrogens with one attached hydrogen (secondary N) is 1. The van der Waals surface area contributed by atoms with Crippen LogP contribution >= 0.6 is 0 Å². The Morgan fingerprint density at radius 2 is 1.72 bits per heavy atom. The molecular weight excluding hydrogens is 430 g/mol. The summed E-state index contributed by atoms with van der Waals surface area (Å²) in [6, 6.07) is 14.7. The number of carbonyl (C=O) groups is 3. The van der Waals surface area contributed by atoms with Gasteiger partial charge in [-0.25, -0.2) is 12.7 Å². The Morgan fingerprint density at radius 1 is 1.06 bits per heavy atom. The average molecular weight is 458 g/mol. The lowest BCUT2D eigenvalue weighted by Crippen LogP contribution is -2.47. The molecule has 1 aliphatic rings. The first-order chi connectivity index (χ1) is 15.3. The zero-order valence-electron chi connectivity index (χ0n) is 18.2. The smallest absolute Gasteiger partial charge is 0.269 e. The topological polar surface area (TPSA) is 104 Å². The lowest BCUT2D eigenvalue weighted by atomic mass is 10.1. The number of rotatable bonds is 9. The van der Waals surface area contributed by atoms with Crippen LogP contribution < -0.4 is 5.32 Å². The van der Waals surface area contributed by atoms with Gasteiger partial charge in [-0.15, -0.1) is 0 Å². The maximum absolute atomic E-state index is 13.0. The minimum Gasteiger partial charge on any atom is -0.355 e. The van der Waals surface area contributed by atoms with Crippen LogP contribution in [0.2, 0.25) is 0 Å². The standard InChI is InChI=1S/C23H27N3O5S/c1-3-24-22(28)17(2)25(16-18-10-5-4-6-11-18)21(27)14-9-15-26-23(29)19-12-7-8-13-20(19)32(26,30)31/h4-8,10-13,17H,3,9,14-16H2,1-2H3,(H,24,28)/t17-/m0/s1. The van der Waals surface area contributed by atoms with Gasteiger partial charge in [0.15, 0.2) is 0 Å². The van der Waals surface area contributed by atoms with Gasteiger partial charge in [0, 0.05) is 26.1 Å². The number of benzene rings is 2. The third-order valence-electron chi connectivity index (χ3n) is 5.38. The Morgan fingerprint density at radius 3 is 2.38 bits per heavy atom. The summed E-state index contributed by atoms with van der Waals surface area (Å²) in [4.78, 5) is 39.4. The number of amides is 3. The molecule has 2 aromatic carbocycles. The highest BCUT2D eigenvalue weighted by Gasteiger charge is 2.40. The van der Waals surface area contributed by atoms with E-state index in [0.29, 0.717) is 6.54 Å². The van der Waals surface area contributed by atoms with E-state index in [4.69, 9.17) is 0 Å². The molecule has 3 amide bonds. The molecule has 0 fully saturated rings. The normalized spacial score (nSPS) is 15.2. The molecule has 0 aliphatic carbocycles. The molecule has 3 rings (SSSR count). The number of hydrogen-bond acceptors (Lipinski definition) is 5. The quantitative estimate of drug-likeness (QED) is 0.622. The highest BCUT2D eigenvalue weighted by Crippen LogP contribution is 2.30. The molecule has 1 atom stereocenters. The van der Waals surface area contributed by atoms with Gasteiger partial charge in [-0.2, -0.15) is 0 Å². The number of fused-ring (bicyclic) bond motifs is 1. The average Bonchev–Trinajstić information content (AvgIpc) is 2.98. The molecule has 0 bridgehead atoms. The molecule has 9 heteroatoms. The predicted molar refractivity (Wildman–Crippen MR) is 119 cm³/mol. The van der Waals surface area contributed by atoms with Gasteiger partial charge in [-0.05, 0) is 38.0 Å². The summed E-state index contributed by atoms with van der Waals surface area (Å²) in [5, 5.41) is 2.73. The predicted octanol–water partition coefficient (Wildman–Crippen LogP) is 2.16. The Kier molecular flexibility index (Phi) is 7.29. The van der Waals surface area contributed by atoms with E-state index in [-0.39, 0.29) is 48.2 Å². The Hall–Kier alpha value is -3.20. The zero-order chi connectivity index (χ0) is 23.3. The maximum Gasteiger partial charge on any atom is 0.269 e. The molecule has 2 aromatic rings. The van der Waals surface area contributed by atoms with Crippen LogP contribution in [0.25, 0.3) is 0 Å². The van der Waals surface area contributed by atoms with Crippen molar-refractivity contribution in [3.8, 4) is 0 Å². The summed E-state index contributed by atoms with van der Waals surface area (Å²) >= 11 is 0. The monoisotopic (exact) mass is 457 g/mol. The van der Waals surface area contributed by atoms with Gasteiger partial charge in [-0.3, -0.25) is 14.4 Å². The van der Waals surface area contributed by atoms with Crippen molar-refractivity contribution in [3.05, 3.63) is 65.7 Å². The molecule has 0 aromatic heterocycles. The summed E-state index contributed by atoms with van der Waals surface area (Å²) in [6.45, 7) is 4.07. The number of nitrogens with zero attached hydrogens (tertiary/aromatic N) is 2. The molecule has 0 radical (unpaired) electrons. The van der Waals surface area contributed by atoms with Gasteiger partial charge in [0.25, 0.3) is 15.9 Å². The summed E-state index contributed by atoms with van der Waals surface area (Å²) in [7, 11) is -3.90. The zero-order valence-corrected chi connectivity index (χ0v) is 19.0. The number of carbonyl (C=O) groups excluding carboxylic acids is 3. The van der Waals surface area contributed by atoms with Gasteiger partial charge in [0.1, 0.15) is 10.9 Å². The van der Waals surface area contributed by atoms with Gasteiger partial charge < -0.3 is 10.2 Å². The minimum atomic E-state index is -3.90. The van der Waals surface area contributed by atoms with Crippen LogP contribution in [0.1, 0.15) is 42.6 Å². The van der Waals surface area contributed by atoms with E-state index >= 15 is 0 Å². The van der Waals surface area contributed by atoms with E-state index in [2.05, 4.69) is 5.32 Å². The van der Waals surface area contributed by atoms with Crippen LogP contribution in [0.15, 0.2) is 59.5 Å². The molecule has 1 aliphatic heterocycles. The van der Waals surface area contributed by atoms with Crippen molar-refractivity contribution in [3.63, 3.8) is 0 Å². The summed E-state index contributed by atoms with van der Waals surface area (Å²) in [5.41, 5.74) is 1.03. The molecule has 0 spiro atoms. The minimum absolute atomic E-state index is 0.00617. The SMILES string of the molecule is CCNC(=O)[C@H](C)N(Cc1ccccc1)C(=O)CCCN1C(=O)c2ccccc2S1(=O)=O. The van der Waals surface area contributed by atoms with E-state index < -0.39 is 22.0 Å². The Balaban J connectivity index is 1.68. The molecule has 8 nitrogen and oxygen atoms in total. The van der Waals surface area contributed by atoms with E-state index in [0.717, 1.165) is 9.87 Å². The van der Waals surface area contributed by atoms with Crippen LogP contribution in [-0.4, -0.2) is 54.5 Å². The highest BCUT2D eigenvalue weighted by atomic mass is 32.2. The second-order valence-corrected chi connectivity index (χ2v) is 9.39. The van der Waals surface area contributed by atoms with Crippen LogP contribution in [0.5, 0.6) is 0 Å². The lowest BCUT2D eigenvalue weighted by molar-refractivity contribution is -0.140. The second-order valence-electron chi connectivity index (χ2n) is 7.56. The fourth-order valence-corrected chi connectivity index (χ4v) is 5.26. The largest absolute Gasteiger partial charge is 0.355 e. The number of sulfonamides is 1. The third kappa shape index (κ3) is 4.83. The Labute approximate surface area is 188 Å². The fourth-order valence-electron chi connectivity index (χ4n) is 3.65. The first-order valence-corrected chi connectivity index (χ1v) is 12.0. The van der Waals surface area contributed by atoms with Crippen molar-refractivity contribution in [2.45, 2.75) is 44.2 Å². The molecule has 0 saturated heterocycles. The molecule has 0 unspecified atom stereocenters. The van der Waals surface area contributed by atoms with E-state index in [1.165, 1.54) is 17.0 Å². The van der Waals surface area contributed by atoms with Gasteiger partial charge in [0.05, 0.1) is 5.56 Å². The highest BCUT2D eigenvalue weighted by molar-refractivity contribution is 7.90. The first kappa shape index (κ1) is 23.5. The van der Waals surface area contributed by atoms with Gasteiger partial charge in [-0.1, -0.05) is 42.5 Å². The molecule has 32 heavy (non-hydrogen) atoms. The first-order valence-electron chi connectivity index (χ1n) is 10.5. The van der Waals surface area contributed by atoms with Gasteiger partial charge >= 0.3 is 0 Å². The van der Waals surface area contributed by atoms with Gasteiger partial charge in [0.2, 0.25) is 11.8 Å². The van der Waals surface area contributed by atoms with Crippen LogP contribution in [0.4, 0.5) is 0 Å². The summed E-state index contributed by atoms with van der Waals surface area (Å²) in [6.07, 6.45) is 0.164. The summed E-state index contributed by atoms with van der Waals surface area (Å²) < 4.78 is 26.2. The van der Waals surface area contributed by atoms with Crippen molar-refractivity contribution in [1.29, 1.82) is 0 Å². The molecule has 0 saturated carbocycles. The summed E-state index contributed by atoms with van der Waals surface area (Å²) in [5.74, 6) is -1.12. The van der Waals surface area contributed by atoms with Crippen molar-refractivity contribution < 1.29 is 22.8 Å². The van der Waals surface area contributed by atoms with E-state index in [1.807, 2.05) is 30.3 Å². The van der Waals surface area contributed by atoms with E-state index in [9.17, 15) is 22.8 Å². The molecular formula is C23H27N3O5S. The van der Waals surface area contributed by atoms with E-state index in [1.54, 1.807) is 26.0 Å². The third-order valence-corrected chi connectivity index (χ3v) is 7.22. The van der Waals surface area contributed by atoms with Crippen LogP contribution in [0, 0.1) is 0 Å². The van der Waals surface area contributed by atoms with Crippen LogP contribution in [0.3, 0.4) is 0 Å². The molecule has 170 valence electrons. The maximum atomic E-state index is 13.0. The number of likely N-dealkylation sites (N-methyl/N-ethyl adjacent to an activating group) is 1.